The molecule has 0 radical (unpaired) electrons. The van der Waals surface area contributed by atoms with E-state index in [0.29, 0.717) is 17.5 Å². The quantitative estimate of drug-likeness (QED) is 0.273. The van der Waals surface area contributed by atoms with E-state index >= 15 is 0 Å². The Labute approximate surface area is 172 Å². The highest BCUT2D eigenvalue weighted by atomic mass is 19.1. The molecule has 0 saturated heterocycles. The maximum atomic E-state index is 14.4. The van der Waals surface area contributed by atoms with Crippen LogP contribution in [0.15, 0.2) is 84.9 Å². The fraction of sp³-hybridized carbons (Fsp3) is 0.185. The molecule has 148 valence electrons. The molecule has 0 amide bonds. The van der Waals surface area contributed by atoms with Gasteiger partial charge in [0.1, 0.15) is 12.0 Å². The largest absolute Gasteiger partial charge is 0.242 e. The Morgan fingerprint density at radius 2 is 1.59 bits per heavy atom. The molecule has 3 rings (SSSR count). The number of hydrogen-bond donors (Lipinski definition) is 0. The van der Waals surface area contributed by atoms with Crippen LogP contribution >= 0.6 is 0 Å². The SMILES string of the molecule is C/C=C/CCc1ccc(C=Cc2ccc(C[C@@H](F)c3ccccc3)cc2)c(F)c1. The Morgan fingerprint density at radius 1 is 0.862 bits per heavy atom. The molecular weight excluding hydrogens is 362 g/mol. The van der Waals surface area contributed by atoms with Crippen molar-refractivity contribution in [2.45, 2.75) is 32.4 Å². The zero-order chi connectivity index (χ0) is 20.5. The Balaban J connectivity index is 1.61. The molecule has 0 aliphatic heterocycles. The molecule has 3 aromatic carbocycles. The van der Waals surface area contributed by atoms with Gasteiger partial charge in [0.25, 0.3) is 0 Å². The minimum absolute atomic E-state index is 0.209. The molecule has 0 aliphatic carbocycles. The third-order valence-electron chi connectivity index (χ3n) is 4.91. The van der Waals surface area contributed by atoms with Crippen LogP contribution in [0.4, 0.5) is 8.78 Å². The van der Waals surface area contributed by atoms with Crippen molar-refractivity contribution in [3.63, 3.8) is 0 Å². The van der Waals surface area contributed by atoms with Crippen molar-refractivity contribution in [1.82, 2.24) is 0 Å². The number of alkyl halides is 1. The first kappa shape index (κ1) is 20.7. The molecule has 3 aromatic rings. The molecular formula is C27H26F2. The van der Waals surface area contributed by atoms with Gasteiger partial charge in [-0.15, -0.1) is 0 Å². The average molecular weight is 389 g/mol. The van der Waals surface area contributed by atoms with E-state index in [9.17, 15) is 8.78 Å². The Hall–Kier alpha value is -3.00. The number of aryl methyl sites for hydroxylation is 1. The fourth-order valence-corrected chi connectivity index (χ4v) is 3.22. The van der Waals surface area contributed by atoms with Gasteiger partial charge in [0.05, 0.1) is 0 Å². The second-order valence-electron chi connectivity index (χ2n) is 7.12. The van der Waals surface area contributed by atoms with Crippen LogP contribution in [-0.4, -0.2) is 0 Å². The van der Waals surface area contributed by atoms with Crippen molar-refractivity contribution in [2.75, 3.05) is 0 Å². The van der Waals surface area contributed by atoms with Crippen LogP contribution in [-0.2, 0) is 12.8 Å². The molecule has 0 nitrogen and oxygen atoms in total. The number of hydrogen-bond acceptors (Lipinski definition) is 0. The molecule has 0 saturated carbocycles. The van der Waals surface area contributed by atoms with Gasteiger partial charge < -0.3 is 0 Å². The highest BCUT2D eigenvalue weighted by Crippen LogP contribution is 2.23. The van der Waals surface area contributed by atoms with E-state index in [0.717, 1.165) is 29.5 Å². The molecule has 0 N–H and O–H groups in total. The highest BCUT2D eigenvalue weighted by Gasteiger charge is 2.10. The van der Waals surface area contributed by atoms with Crippen molar-refractivity contribution in [3.05, 3.63) is 119 Å². The van der Waals surface area contributed by atoms with Gasteiger partial charge in [-0.2, -0.15) is 0 Å². The predicted molar refractivity (Wildman–Crippen MR) is 119 cm³/mol. The van der Waals surface area contributed by atoms with Gasteiger partial charge in [-0.25, -0.2) is 8.78 Å². The van der Waals surface area contributed by atoms with E-state index in [2.05, 4.69) is 6.08 Å². The lowest BCUT2D eigenvalue weighted by molar-refractivity contribution is 0.342. The second kappa shape index (κ2) is 10.5. The van der Waals surface area contributed by atoms with Crippen LogP contribution in [0.1, 0.15) is 47.3 Å². The molecule has 0 bridgehead atoms. The third kappa shape index (κ3) is 6.25. The summed E-state index contributed by atoms with van der Waals surface area (Å²) in [7, 11) is 0. The van der Waals surface area contributed by atoms with Crippen LogP contribution in [0.2, 0.25) is 0 Å². The summed E-state index contributed by atoms with van der Waals surface area (Å²) < 4.78 is 28.7. The van der Waals surface area contributed by atoms with Crippen LogP contribution in [0, 0.1) is 5.82 Å². The minimum atomic E-state index is -1.02. The van der Waals surface area contributed by atoms with Crippen LogP contribution in [0.25, 0.3) is 12.2 Å². The van der Waals surface area contributed by atoms with E-state index in [1.165, 1.54) is 0 Å². The molecule has 0 spiro atoms. The number of benzene rings is 3. The van der Waals surface area contributed by atoms with Gasteiger partial charge in [0.15, 0.2) is 0 Å². The summed E-state index contributed by atoms with van der Waals surface area (Å²) in [5.74, 6) is -0.209. The topological polar surface area (TPSA) is 0 Å². The van der Waals surface area contributed by atoms with Crippen molar-refractivity contribution in [1.29, 1.82) is 0 Å². The monoisotopic (exact) mass is 388 g/mol. The lowest BCUT2D eigenvalue weighted by Crippen LogP contribution is -1.96. The van der Waals surface area contributed by atoms with Crippen LogP contribution < -0.4 is 0 Å². The lowest BCUT2D eigenvalue weighted by atomic mass is 10.0. The van der Waals surface area contributed by atoms with Gasteiger partial charge >= 0.3 is 0 Å². The number of halogens is 2. The van der Waals surface area contributed by atoms with Crippen molar-refractivity contribution in [2.24, 2.45) is 0 Å². The average Bonchev–Trinajstić information content (AvgIpc) is 2.75. The third-order valence-corrected chi connectivity index (χ3v) is 4.91. The van der Waals surface area contributed by atoms with E-state index in [1.54, 1.807) is 12.1 Å². The van der Waals surface area contributed by atoms with Crippen molar-refractivity contribution in [3.8, 4) is 0 Å². The maximum absolute atomic E-state index is 14.4. The zero-order valence-corrected chi connectivity index (χ0v) is 16.7. The molecule has 29 heavy (non-hydrogen) atoms. The molecule has 0 fully saturated rings. The lowest BCUT2D eigenvalue weighted by Gasteiger charge is -2.08. The predicted octanol–water partition coefficient (Wildman–Crippen LogP) is 7.76. The summed E-state index contributed by atoms with van der Waals surface area (Å²) in [6, 6.07) is 22.3. The van der Waals surface area contributed by atoms with E-state index in [1.807, 2.05) is 85.8 Å². The molecule has 0 aromatic heterocycles. The van der Waals surface area contributed by atoms with Crippen molar-refractivity contribution >= 4 is 12.2 Å². The Bertz CT molecular complexity index is 954. The van der Waals surface area contributed by atoms with E-state index in [4.69, 9.17) is 0 Å². The Kier molecular flexibility index (Phi) is 7.52. The summed E-state index contributed by atoms with van der Waals surface area (Å²) in [6.45, 7) is 1.99. The molecule has 0 heterocycles. The van der Waals surface area contributed by atoms with Gasteiger partial charge in [-0.1, -0.05) is 91.0 Å². The van der Waals surface area contributed by atoms with E-state index in [-0.39, 0.29) is 5.82 Å². The van der Waals surface area contributed by atoms with Crippen LogP contribution in [0.3, 0.4) is 0 Å². The summed E-state index contributed by atoms with van der Waals surface area (Å²) in [4.78, 5) is 0. The van der Waals surface area contributed by atoms with Gasteiger partial charge in [0.2, 0.25) is 0 Å². The highest BCUT2D eigenvalue weighted by molar-refractivity contribution is 5.70. The van der Waals surface area contributed by atoms with Crippen molar-refractivity contribution < 1.29 is 8.78 Å². The van der Waals surface area contributed by atoms with Gasteiger partial charge in [-0.3, -0.25) is 0 Å². The van der Waals surface area contributed by atoms with Gasteiger partial charge in [-0.05, 0) is 48.1 Å². The molecule has 0 unspecified atom stereocenters. The molecule has 1 atom stereocenters. The maximum Gasteiger partial charge on any atom is 0.130 e. The number of rotatable bonds is 8. The standard InChI is InChI=1S/C27H26F2/c1-2-3-5-8-22-16-18-25(27(29)19-22)17-15-21-11-13-23(14-12-21)20-26(28)24-9-6-4-7-10-24/h2-4,6-7,9-19,26H,5,8,20H2,1H3/b3-2+,17-15?/t26-/m1/s1. The fourth-order valence-electron chi connectivity index (χ4n) is 3.22. The number of allylic oxidation sites excluding steroid dienone is 2. The molecule has 2 heteroatoms. The minimum Gasteiger partial charge on any atom is -0.242 e. The second-order valence-corrected chi connectivity index (χ2v) is 7.12. The van der Waals surface area contributed by atoms with Crippen LogP contribution in [0.5, 0.6) is 0 Å². The van der Waals surface area contributed by atoms with Gasteiger partial charge in [0, 0.05) is 12.0 Å². The summed E-state index contributed by atoms with van der Waals surface area (Å²) >= 11 is 0. The smallest absolute Gasteiger partial charge is 0.130 e. The van der Waals surface area contributed by atoms with E-state index < -0.39 is 6.17 Å². The first-order valence-corrected chi connectivity index (χ1v) is 10.0. The normalized spacial score (nSPS) is 12.7. The first-order chi connectivity index (χ1) is 14.2. The zero-order valence-electron chi connectivity index (χ0n) is 16.7. The summed E-state index contributed by atoms with van der Waals surface area (Å²) in [5.41, 5.74) is 4.16. The molecule has 0 aliphatic rings. The first-order valence-electron chi connectivity index (χ1n) is 10.0. The Morgan fingerprint density at radius 3 is 2.28 bits per heavy atom. The summed E-state index contributed by atoms with van der Waals surface area (Å²) in [6.07, 6.45) is 8.84. The summed E-state index contributed by atoms with van der Waals surface area (Å²) in [5, 5.41) is 0.